The minimum Gasteiger partial charge on any atom is -0.311 e. The third-order valence-corrected chi connectivity index (χ3v) is 14.9. The molecule has 0 aromatic heterocycles. The summed E-state index contributed by atoms with van der Waals surface area (Å²) in [4.78, 5) is 5.17. The predicted molar refractivity (Wildman–Crippen MR) is 273 cm³/mol. The van der Waals surface area contributed by atoms with Crippen LogP contribution in [0.5, 0.6) is 0 Å². The van der Waals surface area contributed by atoms with Crippen LogP contribution in [0.15, 0.2) is 170 Å². The lowest BCUT2D eigenvalue weighted by atomic mass is 9.33. The molecule has 0 fully saturated rings. The summed E-state index contributed by atoms with van der Waals surface area (Å²) in [6, 6.07) is 65.7. The van der Waals surface area contributed by atoms with Gasteiger partial charge in [0.05, 0.1) is 5.41 Å². The zero-order valence-corrected chi connectivity index (χ0v) is 38.6. The first kappa shape index (κ1) is 39.0. The van der Waals surface area contributed by atoms with Gasteiger partial charge in [-0.2, -0.15) is 0 Å². The first-order chi connectivity index (χ1) is 30.7. The van der Waals surface area contributed by atoms with E-state index in [2.05, 4.69) is 242 Å². The molecule has 12 rings (SSSR count). The molecule has 0 saturated heterocycles. The molecule has 8 aromatic carbocycles. The van der Waals surface area contributed by atoms with Gasteiger partial charge in [0.25, 0.3) is 6.71 Å². The van der Waals surface area contributed by atoms with Crippen molar-refractivity contribution >= 4 is 57.2 Å². The van der Waals surface area contributed by atoms with Crippen molar-refractivity contribution in [3.05, 3.63) is 209 Å². The minimum atomic E-state index is -0.384. The molecular formula is C61H55BN2. The second kappa shape index (κ2) is 13.2. The van der Waals surface area contributed by atoms with Crippen LogP contribution in [0, 0.1) is 0 Å². The lowest BCUT2D eigenvalue weighted by Crippen LogP contribution is -2.61. The molecule has 0 atom stereocenters. The molecular weight excluding hydrogens is 771 g/mol. The molecule has 2 heterocycles. The second-order valence-corrected chi connectivity index (χ2v) is 21.8. The summed E-state index contributed by atoms with van der Waals surface area (Å²) in [5, 5.41) is 0. The van der Waals surface area contributed by atoms with E-state index in [1.165, 1.54) is 112 Å². The highest BCUT2D eigenvalue weighted by Gasteiger charge is 2.52. The summed E-state index contributed by atoms with van der Waals surface area (Å²) in [5.74, 6) is 0. The number of hydrogen-bond acceptors (Lipinski definition) is 2. The van der Waals surface area contributed by atoms with Crippen LogP contribution in [0.4, 0.5) is 34.1 Å². The third-order valence-electron chi connectivity index (χ3n) is 14.9. The Morgan fingerprint density at radius 2 is 0.797 bits per heavy atom. The topological polar surface area (TPSA) is 6.48 Å². The van der Waals surface area contributed by atoms with Crippen LogP contribution in [-0.2, 0) is 21.7 Å². The lowest BCUT2D eigenvalue weighted by molar-refractivity contribution is 0.589. The van der Waals surface area contributed by atoms with Crippen molar-refractivity contribution in [3.8, 4) is 22.3 Å². The first-order valence-corrected chi connectivity index (χ1v) is 23.2. The molecule has 3 heteroatoms. The molecule has 8 aromatic rings. The molecule has 2 aliphatic heterocycles. The summed E-state index contributed by atoms with van der Waals surface area (Å²) < 4.78 is 0. The minimum absolute atomic E-state index is 0.00788. The highest BCUT2D eigenvalue weighted by molar-refractivity contribution is 7.00. The van der Waals surface area contributed by atoms with Gasteiger partial charge >= 0.3 is 0 Å². The normalized spacial score (nSPS) is 15.0. The maximum absolute atomic E-state index is 2.60. The van der Waals surface area contributed by atoms with E-state index in [9.17, 15) is 0 Å². The van der Waals surface area contributed by atoms with Crippen LogP contribution in [0.1, 0.15) is 101 Å². The van der Waals surface area contributed by atoms with Crippen molar-refractivity contribution in [1.29, 1.82) is 0 Å². The smallest absolute Gasteiger partial charge is 0.252 e. The van der Waals surface area contributed by atoms with Gasteiger partial charge in [0, 0.05) is 34.1 Å². The van der Waals surface area contributed by atoms with Gasteiger partial charge in [0.2, 0.25) is 0 Å². The molecule has 0 N–H and O–H groups in total. The highest BCUT2D eigenvalue weighted by Crippen LogP contribution is 2.63. The number of nitrogens with zero attached hydrogens (tertiary/aromatic N) is 2. The zero-order valence-electron chi connectivity index (χ0n) is 38.6. The SMILES string of the molecule is CC(C)(C)c1ccc(N2c3ccc(C(C)(C)C)cc3B3c4ccccc4N(c4ccc5c(c4)-c4ccccc4C54c5ccccc5-c5ccccc54)c4cc(C(C)(C)C)cc2c43)cc1. The second-order valence-electron chi connectivity index (χ2n) is 21.8. The fourth-order valence-corrected chi connectivity index (χ4v) is 11.7. The molecule has 0 amide bonds. The van der Waals surface area contributed by atoms with Gasteiger partial charge in [-0.25, -0.2) is 0 Å². The maximum Gasteiger partial charge on any atom is 0.252 e. The Kier molecular flexibility index (Phi) is 8.08. The van der Waals surface area contributed by atoms with E-state index >= 15 is 0 Å². The summed E-state index contributed by atoms with van der Waals surface area (Å²) in [6.45, 7) is 21.0. The molecule has 0 bridgehead atoms. The van der Waals surface area contributed by atoms with E-state index in [0.29, 0.717) is 0 Å². The van der Waals surface area contributed by atoms with E-state index in [0.717, 1.165) is 0 Å². The average Bonchev–Trinajstić information content (AvgIpc) is 3.75. The van der Waals surface area contributed by atoms with Gasteiger partial charge in [-0.1, -0.05) is 184 Å². The van der Waals surface area contributed by atoms with Crippen molar-refractivity contribution in [2.45, 2.75) is 84.0 Å². The van der Waals surface area contributed by atoms with E-state index in [1.807, 2.05) is 0 Å². The van der Waals surface area contributed by atoms with Crippen molar-refractivity contribution < 1.29 is 0 Å². The predicted octanol–water partition coefficient (Wildman–Crippen LogP) is 14.0. The highest BCUT2D eigenvalue weighted by atomic mass is 15.2. The molecule has 0 radical (unpaired) electrons. The Morgan fingerprint density at radius 1 is 0.344 bits per heavy atom. The first-order valence-electron chi connectivity index (χ1n) is 23.2. The molecule has 4 aliphatic rings. The van der Waals surface area contributed by atoms with Gasteiger partial charge < -0.3 is 9.80 Å². The number of para-hydroxylation sites is 1. The zero-order chi connectivity index (χ0) is 44.1. The van der Waals surface area contributed by atoms with Crippen molar-refractivity contribution in [2.24, 2.45) is 0 Å². The largest absolute Gasteiger partial charge is 0.311 e. The molecule has 2 aliphatic carbocycles. The van der Waals surface area contributed by atoms with E-state index in [4.69, 9.17) is 0 Å². The molecule has 312 valence electrons. The average molecular weight is 827 g/mol. The van der Waals surface area contributed by atoms with Gasteiger partial charge in [0.1, 0.15) is 0 Å². The van der Waals surface area contributed by atoms with Gasteiger partial charge in [-0.3, -0.25) is 0 Å². The van der Waals surface area contributed by atoms with Gasteiger partial charge in [-0.15, -0.1) is 0 Å². The van der Waals surface area contributed by atoms with Crippen LogP contribution < -0.4 is 26.2 Å². The van der Waals surface area contributed by atoms with Crippen LogP contribution in [0.25, 0.3) is 22.3 Å². The quantitative estimate of drug-likeness (QED) is 0.160. The molecule has 2 nitrogen and oxygen atoms in total. The molecule has 64 heavy (non-hydrogen) atoms. The molecule has 0 saturated carbocycles. The standard InChI is InChI=1S/C61H55BN2/c1-58(2,3)38-26-29-41(30-27-38)63-54-33-28-39(59(4,5)6)34-52(54)62-51-24-16-17-25-53(51)64(56-36-40(60(7,8)9)35-55(63)57(56)62)42-31-32-50-46(37-42)45-20-12-15-23-49(45)61(50)47-21-13-10-18-43(47)44-19-11-14-22-48(44)61/h10-37H,1-9H3. The number of benzene rings is 8. The van der Waals surface area contributed by atoms with Crippen molar-refractivity contribution in [1.82, 2.24) is 0 Å². The summed E-state index contributed by atoms with van der Waals surface area (Å²) in [7, 11) is 0. The van der Waals surface area contributed by atoms with Crippen LogP contribution in [0.3, 0.4) is 0 Å². The van der Waals surface area contributed by atoms with Crippen LogP contribution in [-0.4, -0.2) is 6.71 Å². The fraction of sp³-hybridized carbons (Fsp3) is 0.213. The number of anilines is 6. The maximum atomic E-state index is 2.60. The Balaban J connectivity index is 1.14. The Hall–Kier alpha value is -6.58. The lowest BCUT2D eigenvalue weighted by Gasteiger charge is -2.45. The van der Waals surface area contributed by atoms with E-state index in [-0.39, 0.29) is 28.4 Å². The number of hydrogen-bond donors (Lipinski definition) is 0. The fourth-order valence-electron chi connectivity index (χ4n) is 11.7. The van der Waals surface area contributed by atoms with Gasteiger partial charge in [0.15, 0.2) is 0 Å². The van der Waals surface area contributed by atoms with Gasteiger partial charge in [-0.05, 0) is 142 Å². The Labute approximate surface area is 380 Å². The molecule has 1 spiro atoms. The van der Waals surface area contributed by atoms with E-state index < -0.39 is 0 Å². The summed E-state index contributed by atoms with van der Waals surface area (Å²) >= 11 is 0. The van der Waals surface area contributed by atoms with E-state index in [1.54, 1.807) is 0 Å². The van der Waals surface area contributed by atoms with Crippen molar-refractivity contribution in [2.75, 3.05) is 9.80 Å². The summed E-state index contributed by atoms with van der Waals surface area (Å²) in [6.07, 6.45) is 0. The summed E-state index contributed by atoms with van der Waals surface area (Å²) in [5.41, 5.74) is 25.8. The van der Waals surface area contributed by atoms with Crippen LogP contribution >= 0.6 is 0 Å². The monoisotopic (exact) mass is 826 g/mol. The third kappa shape index (κ3) is 5.33. The molecule has 0 unspecified atom stereocenters. The van der Waals surface area contributed by atoms with Crippen LogP contribution in [0.2, 0.25) is 0 Å². The van der Waals surface area contributed by atoms with Crippen molar-refractivity contribution in [3.63, 3.8) is 0 Å². The number of rotatable bonds is 2. The number of fused-ring (bicyclic) bond motifs is 14. The Bertz CT molecular complexity index is 3200. The Morgan fingerprint density at radius 3 is 1.38 bits per heavy atom.